The third-order valence-corrected chi connectivity index (χ3v) is 2.12. The molecule has 0 aromatic heterocycles. The summed E-state index contributed by atoms with van der Waals surface area (Å²) < 4.78 is 0. The van der Waals surface area contributed by atoms with Crippen molar-refractivity contribution in [3.05, 3.63) is 6.42 Å². The van der Waals surface area contributed by atoms with Gasteiger partial charge in [0.2, 0.25) is 0 Å². The van der Waals surface area contributed by atoms with Gasteiger partial charge in [0.1, 0.15) is 0 Å². The first kappa shape index (κ1) is 12.0. The molecular weight excluding hydrogens is 146 g/mol. The molecule has 0 atom stereocenters. The fraction of sp³-hybridized carbons (Fsp3) is 0.909. The summed E-state index contributed by atoms with van der Waals surface area (Å²) in [6, 6.07) is 0. The van der Waals surface area contributed by atoms with Gasteiger partial charge in [0.25, 0.3) is 0 Å². The number of unbranched alkanes of at least 4 members (excludes halogenated alkanes) is 8. The minimum atomic E-state index is 0.861. The summed E-state index contributed by atoms with van der Waals surface area (Å²) in [6.07, 6.45) is 13.0. The van der Waals surface area contributed by atoms with Crippen LogP contribution in [-0.2, 0) is 0 Å². The van der Waals surface area contributed by atoms with Gasteiger partial charge in [-0.05, 0) is 19.4 Å². The molecule has 0 aromatic rings. The number of hydrogen-bond acceptors (Lipinski definition) is 1. The predicted octanol–water partition coefficient (Wildman–Crippen LogP) is 3.29. The van der Waals surface area contributed by atoms with Crippen LogP contribution in [0.15, 0.2) is 0 Å². The van der Waals surface area contributed by atoms with Gasteiger partial charge in [-0.1, -0.05) is 51.9 Å². The zero-order chi connectivity index (χ0) is 9.07. The second-order valence-corrected chi connectivity index (χ2v) is 3.42. The summed E-state index contributed by atoms with van der Waals surface area (Å²) in [7, 11) is 0. The van der Waals surface area contributed by atoms with Crippen LogP contribution in [0.3, 0.4) is 0 Å². The minimum Gasteiger partial charge on any atom is -0.330 e. The quantitative estimate of drug-likeness (QED) is 0.528. The molecule has 0 aromatic carbocycles. The molecule has 0 rings (SSSR count). The molecule has 0 aliphatic carbocycles. The lowest BCUT2D eigenvalue weighted by molar-refractivity contribution is 0.628. The van der Waals surface area contributed by atoms with Gasteiger partial charge in [0.15, 0.2) is 0 Å². The molecule has 1 heteroatoms. The Hall–Kier alpha value is -0.0400. The van der Waals surface area contributed by atoms with E-state index < -0.39 is 0 Å². The summed E-state index contributed by atoms with van der Waals surface area (Å²) in [5, 5.41) is 0. The van der Waals surface area contributed by atoms with Gasteiger partial charge in [0, 0.05) is 0 Å². The van der Waals surface area contributed by atoms with E-state index >= 15 is 0 Å². The molecule has 0 aliphatic heterocycles. The molecule has 0 saturated heterocycles. The Morgan fingerprint density at radius 2 is 1.58 bits per heavy atom. The Balaban J connectivity index is 2.73. The van der Waals surface area contributed by atoms with Crippen molar-refractivity contribution >= 4 is 0 Å². The third kappa shape index (κ3) is 9.96. The van der Waals surface area contributed by atoms with Crippen LogP contribution < -0.4 is 5.73 Å². The first-order valence-electron chi connectivity index (χ1n) is 5.43. The summed E-state index contributed by atoms with van der Waals surface area (Å²) in [5.41, 5.74) is 5.40. The van der Waals surface area contributed by atoms with Crippen molar-refractivity contribution in [2.45, 2.75) is 58.3 Å². The van der Waals surface area contributed by atoms with Crippen LogP contribution >= 0.6 is 0 Å². The van der Waals surface area contributed by atoms with E-state index in [1.807, 2.05) is 0 Å². The van der Waals surface area contributed by atoms with E-state index in [-0.39, 0.29) is 0 Å². The Morgan fingerprint density at radius 1 is 0.917 bits per heavy atom. The molecule has 2 N–H and O–H groups in total. The van der Waals surface area contributed by atoms with Crippen molar-refractivity contribution in [1.82, 2.24) is 0 Å². The molecule has 0 unspecified atom stereocenters. The molecule has 12 heavy (non-hydrogen) atoms. The Kier molecular flexibility index (Phi) is 10.9. The second kappa shape index (κ2) is 11.0. The normalized spacial score (nSPS) is 10.5. The maximum atomic E-state index is 5.40. The smallest absolute Gasteiger partial charge is 0.00773 e. The SMILES string of the molecule is CCCC[CH]CCCCCCN. The average molecular weight is 170 g/mol. The van der Waals surface area contributed by atoms with Crippen molar-refractivity contribution in [3.63, 3.8) is 0 Å². The maximum absolute atomic E-state index is 5.40. The third-order valence-electron chi connectivity index (χ3n) is 2.12. The summed E-state index contributed by atoms with van der Waals surface area (Å²) >= 11 is 0. The molecule has 1 radical (unpaired) electrons. The van der Waals surface area contributed by atoms with E-state index in [1.54, 1.807) is 0 Å². The molecule has 0 bridgehead atoms. The van der Waals surface area contributed by atoms with E-state index in [9.17, 15) is 0 Å². The molecule has 0 spiro atoms. The Labute approximate surface area is 77.7 Å². The van der Waals surface area contributed by atoms with Gasteiger partial charge in [-0.3, -0.25) is 0 Å². The van der Waals surface area contributed by atoms with Crippen LogP contribution in [0.25, 0.3) is 0 Å². The van der Waals surface area contributed by atoms with Crippen LogP contribution in [0.4, 0.5) is 0 Å². The van der Waals surface area contributed by atoms with Crippen LogP contribution in [0.2, 0.25) is 0 Å². The molecule has 0 saturated carbocycles. The van der Waals surface area contributed by atoms with Crippen LogP contribution in [-0.4, -0.2) is 6.54 Å². The van der Waals surface area contributed by atoms with E-state index in [1.165, 1.54) is 51.4 Å². The van der Waals surface area contributed by atoms with Crippen molar-refractivity contribution in [3.8, 4) is 0 Å². The standard InChI is InChI=1S/C11H24N/c1-2-3-4-5-6-7-8-9-10-11-12/h5H,2-4,6-12H2,1H3. The van der Waals surface area contributed by atoms with Gasteiger partial charge in [-0.15, -0.1) is 0 Å². The highest BCUT2D eigenvalue weighted by atomic mass is 14.5. The van der Waals surface area contributed by atoms with E-state index in [4.69, 9.17) is 5.73 Å². The monoisotopic (exact) mass is 170 g/mol. The number of hydrogen-bond donors (Lipinski definition) is 1. The van der Waals surface area contributed by atoms with Crippen LogP contribution in [0, 0.1) is 6.42 Å². The predicted molar refractivity (Wildman–Crippen MR) is 56.0 cm³/mol. The Bertz CT molecular complexity index is 61.4. The van der Waals surface area contributed by atoms with Crippen molar-refractivity contribution in [2.24, 2.45) is 5.73 Å². The van der Waals surface area contributed by atoms with Gasteiger partial charge in [-0.2, -0.15) is 0 Å². The molecule has 0 aliphatic rings. The molecule has 73 valence electrons. The first-order valence-corrected chi connectivity index (χ1v) is 5.43. The van der Waals surface area contributed by atoms with Crippen molar-refractivity contribution in [1.29, 1.82) is 0 Å². The molecule has 1 nitrogen and oxygen atoms in total. The fourth-order valence-electron chi connectivity index (χ4n) is 1.28. The lowest BCUT2D eigenvalue weighted by Gasteiger charge is -1.99. The average Bonchev–Trinajstić information content (AvgIpc) is 2.10. The van der Waals surface area contributed by atoms with Gasteiger partial charge < -0.3 is 5.73 Å². The van der Waals surface area contributed by atoms with E-state index in [0.717, 1.165) is 6.54 Å². The lowest BCUT2D eigenvalue weighted by Crippen LogP contribution is -1.97. The molecule has 0 amide bonds. The highest BCUT2D eigenvalue weighted by Gasteiger charge is 1.90. The highest BCUT2D eigenvalue weighted by Crippen LogP contribution is 2.07. The maximum Gasteiger partial charge on any atom is -0.00773 e. The topological polar surface area (TPSA) is 26.0 Å². The summed E-state index contributed by atoms with van der Waals surface area (Å²) in [6.45, 7) is 3.11. The molecule has 0 heterocycles. The zero-order valence-corrected chi connectivity index (χ0v) is 8.52. The summed E-state index contributed by atoms with van der Waals surface area (Å²) in [5.74, 6) is 0. The summed E-state index contributed by atoms with van der Waals surface area (Å²) in [4.78, 5) is 0. The second-order valence-electron chi connectivity index (χ2n) is 3.42. The minimum absolute atomic E-state index is 0.861. The Morgan fingerprint density at radius 3 is 2.25 bits per heavy atom. The highest BCUT2D eigenvalue weighted by molar-refractivity contribution is 4.63. The molecule has 0 fully saturated rings. The van der Waals surface area contributed by atoms with Crippen molar-refractivity contribution in [2.75, 3.05) is 6.54 Å². The van der Waals surface area contributed by atoms with Crippen LogP contribution in [0.1, 0.15) is 58.3 Å². The lowest BCUT2D eigenvalue weighted by atomic mass is 10.1. The largest absolute Gasteiger partial charge is 0.330 e. The number of nitrogens with two attached hydrogens (primary N) is 1. The van der Waals surface area contributed by atoms with Crippen molar-refractivity contribution < 1.29 is 0 Å². The van der Waals surface area contributed by atoms with Gasteiger partial charge >= 0.3 is 0 Å². The number of rotatable bonds is 9. The first-order chi connectivity index (χ1) is 5.91. The molecular formula is C11H24N. The van der Waals surface area contributed by atoms with Gasteiger partial charge in [-0.25, -0.2) is 0 Å². The zero-order valence-electron chi connectivity index (χ0n) is 8.52. The van der Waals surface area contributed by atoms with E-state index in [2.05, 4.69) is 13.3 Å². The van der Waals surface area contributed by atoms with Crippen LogP contribution in [0.5, 0.6) is 0 Å². The van der Waals surface area contributed by atoms with E-state index in [0.29, 0.717) is 0 Å². The van der Waals surface area contributed by atoms with Gasteiger partial charge in [0.05, 0.1) is 0 Å². The fourth-order valence-corrected chi connectivity index (χ4v) is 1.28.